The van der Waals surface area contributed by atoms with E-state index in [0.717, 1.165) is 21.6 Å². The average Bonchev–Trinajstić information content (AvgIpc) is 2.75. The van der Waals surface area contributed by atoms with Crippen molar-refractivity contribution in [3.05, 3.63) is 0 Å². The maximum atomic E-state index is 12.3. The van der Waals surface area contributed by atoms with Crippen molar-refractivity contribution >= 4 is 69.1 Å². The molecule has 0 N–H and O–H groups in total. The molecule has 0 bridgehead atoms. The molecule has 0 aromatic rings. The van der Waals surface area contributed by atoms with Crippen LogP contribution in [0.1, 0.15) is 54.4 Å². The van der Waals surface area contributed by atoms with E-state index in [-0.39, 0.29) is 10.2 Å². The maximum Gasteiger partial charge on any atom is 0.501 e. The van der Waals surface area contributed by atoms with E-state index in [2.05, 4.69) is 0 Å². The molecular formula is C18H38O8S4Si2. The molecule has 0 heterocycles. The molecule has 32 heavy (non-hydrogen) atoms. The normalized spacial score (nSPS) is 12.3. The summed E-state index contributed by atoms with van der Waals surface area (Å²) in [7, 11) is -0.829. The van der Waals surface area contributed by atoms with Crippen LogP contribution in [0.4, 0.5) is 0 Å². The average molecular weight is 567 g/mol. The van der Waals surface area contributed by atoms with Crippen LogP contribution < -0.4 is 0 Å². The fourth-order valence-electron chi connectivity index (χ4n) is 2.70. The van der Waals surface area contributed by atoms with Gasteiger partial charge < -0.3 is 26.6 Å². The van der Waals surface area contributed by atoms with E-state index in [9.17, 15) is 9.59 Å². The van der Waals surface area contributed by atoms with E-state index in [4.69, 9.17) is 26.6 Å². The first kappa shape index (κ1) is 32.9. The second-order valence-corrected chi connectivity index (χ2v) is 17.3. The quantitative estimate of drug-likeness (QED) is 0.0984. The third-order valence-corrected chi connectivity index (χ3v) is 15.7. The predicted molar refractivity (Wildman–Crippen MR) is 140 cm³/mol. The highest BCUT2D eigenvalue weighted by molar-refractivity contribution is 9.28. The Bertz CT molecular complexity index is 441. The summed E-state index contributed by atoms with van der Waals surface area (Å²) in [6.45, 7) is 14.2. The first-order valence-corrected chi connectivity index (χ1v) is 19.6. The van der Waals surface area contributed by atoms with Gasteiger partial charge in [0.15, 0.2) is 10.2 Å². The van der Waals surface area contributed by atoms with Crippen LogP contribution in [0.15, 0.2) is 0 Å². The Morgan fingerprint density at radius 1 is 0.531 bits per heavy atom. The van der Waals surface area contributed by atoms with Crippen LogP contribution in [-0.2, 0) is 36.1 Å². The monoisotopic (exact) mass is 566 g/mol. The number of hydrogen-bond donors (Lipinski definition) is 0. The molecule has 0 spiro atoms. The first-order valence-electron chi connectivity index (χ1n) is 10.9. The molecular weight excluding hydrogens is 529 g/mol. The Balaban J connectivity index is 4.36. The van der Waals surface area contributed by atoms with E-state index in [1.54, 1.807) is 0 Å². The molecule has 8 nitrogen and oxygen atoms in total. The zero-order valence-electron chi connectivity index (χ0n) is 20.0. The van der Waals surface area contributed by atoms with Gasteiger partial charge in [0.05, 0.1) is 0 Å². The Morgan fingerprint density at radius 2 is 0.781 bits per heavy atom. The van der Waals surface area contributed by atoms with Crippen LogP contribution in [0.25, 0.3) is 0 Å². The minimum Gasteiger partial charge on any atom is -0.374 e. The minimum absolute atomic E-state index is 0.00185. The van der Waals surface area contributed by atoms with Crippen molar-refractivity contribution in [2.45, 2.75) is 66.5 Å². The van der Waals surface area contributed by atoms with Gasteiger partial charge in [0.2, 0.25) is 0 Å². The van der Waals surface area contributed by atoms with Gasteiger partial charge in [-0.1, -0.05) is 0 Å². The van der Waals surface area contributed by atoms with Crippen molar-refractivity contribution in [1.82, 2.24) is 0 Å². The molecule has 0 fully saturated rings. The molecule has 0 saturated carbocycles. The molecule has 0 rings (SSSR count). The van der Waals surface area contributed by atoms with E-state index in [1.807, 2.05) is 41.5 Å². The predicted octanol–water partition coefficient (Wildman–Crippen LogP) is 5.59. The van der Waals surface area contributed by atoms with Crippen LogP contribution in [0, 0.1) is 0 Å². The van der Waals surface area contributed by atoms with Gasteiger partial charge in [-0.2, -0.15) is 0 Å². The maximum absolute atomic E-state index is 12.3. The summed E-state index contributed by atoms with van der Waals surface area (Å²) >= 11 is 0. The number of rotatable bonds is 21. The van der Waals surface area contributed by atoms with Crippen LogP contribution in [-0.4, -0.2) is 67.5 Å². The highest BCUT2D eigenvalue weighted by Gasteiger charge is 2.41. The molecule has 0 aliphatic carbocycles. The first-order chi connectivity index (χ1) is 15.4. The van der Waals surface area contributed by atoms with Crippen molar-refractivity contribution in [3.8, 4) is 0 Å². The fraction of sp³-hybridized carbons (Fsp3) is 0.889. The summed E-state index contributed by atoms with van der Waals surface area (Å²) in [4.78, 5) is 24.5. The highest BCUT2D eigenvalue weighted by atomic mass is 33.7. The number of carbonyl (C=O) groups excluding carboxylic acids is 2. The van der Waals surface area contributed by atoms with Crippen molar-refractivity contribution < 1.29 is 36.1 Å². The molecule has 14 heteroatoms. The van der Waals surface area contributed by atoms with Gasteiger partial charge in [0.1, 0.15) is 0 Å². The third kappa shape index (κ3) is 14.4. The lowest BCUT2D eigenvalue weighted by atomic mass is 10.5. The Hall–Kier alpha value is 0.934. The third-order valence-electron chi connectivity index (χ3n) is 3.74. The summed E-state index contributed by atoms with van der Waals surface area (Å²) in [5.41, 5.74) is 0. The summed E-state index contributed by atoms with van der Waals surface area (Å²) in [6.07, 6.45) is 0.600. The number of hydrogen-bond acceptors (Lipinski definition) is 12. The fourth-order valence-corrected chi connectivity index (χ4v) is 13.2. The highest BCUT2D eigenvalue weighted by Crippen LogP contribution is 2.45. The molecule has 0 amide bonds. The smallest absolute Gasteiger partial charge is 0.374 e. The van der Waals surface area contributed by atoms with Crippen molar-refractivity contribution in [3.63, 3.8) is 0 Å². The second kappa shape index (κ2) is 20.2. The standard InChI is InChI=1S/C18H38O8S4Si2/c1-7-21-31(22-8-2,23-9-3)15-13-17(19)27-29-30-28-18(20)14-16-32(24-10-4,25-11-5)26-12-6/h7-16H2,1-6H3. The van der Waals surface area contributed by atoms with Gasteiger partial charge in [-0.25, -0.2) is 0 Å². The molecule has 0 aromatic carbocycles. The summed E-state index contributed by atoms with van der Waals surface area (Å²) < 4.78 is 34.6. The largest absolute Gasteiger partial charge is 0.501 e. The summed E-state index contributed by atoms with van der Waals surface area (Å²) in [5.74, 6) is 0. The van der Waals surface area contributed by atoms with Crippen LogP contribution in [0.5, 0.6) is 0 Å². The SMILES string of the molecule is CCO[Si](CCC(=O)SSSSC(=O)CC[Si](OCC)(OCC)OCC)(OCC)OCC. The van der Waals surface area contributed by atoms with Crippen LogP contribution in [0.2, 0.25) is 12.1 Å². The van der Waals surface area contributed by atoms with Gasteiger partial charge in [-0.15, -0.1) is 0 Å². The molecule has 0 atom stereocenters. The van der Waals surface area contributed by atoms with Gasteiger partial charge in [-0.3, -0.25) is 9.59 Å². The molecule has 0 aromatic heterocycles. The molecule has 0 unspecified atom stereocenters. The van der Waals surface area contributed by atoms with Crippen molar-refractivity contribution in [2.24, 2.45) is 0 Å². The second-order valence-electron chi connectivity index (χ2n) is 6.01. The molecule has 0 aliphatic heterocycles. The van der Waals surface area contributed by atoms with E-state index >= 15 is 0 Å². The van der Waals surface area contributed by atoms with E-state index in [0.29, 0.717) is 64.6 Å². The van der Waals surface area contributed by atoms with Gasteiger partial charge in [0.25, 0.3) is 0 Å². The zero-order valence-corrected chi connectivity index (χ0v) is 25.2. The lowest BCUT2D eigenvalue weighted by molar-refractivity contribution is -0.111. The van der Waals surface area contributed by atoms with E-state index in [1.165, 1.54) is 19.7 Å². The zero-order chi connectivity index (χ0) is 24.3. The molecule has 0 radical (unpaired) electrons. The minimum atomic E-state index is -2.81. The van der Waals surface area contributed by atoms with Crippen LogP contribution in [0.3, 0.4) is 0 Å². The molecule has 190 valence electrons. The van der Waals surface area contributed by atoms with Crippen LogP contribution >= 0.6 is 41.2 Å². The van der Waals surface area contributed by atoms with E-state index < -0.39 is 17.6 Å². The van der Waals surface area contributed by atoms with Crippen molar-refractivity contribution in [1.29, 1.82) is 0 Å². The summed E-state index contributed by atoms with van der Waals surface area (Å²) in [6, 6.07) is 0.898. The lowest BCUT2D eigenvalue weighted by Crippen LogP contribution is -2.46. The summed E-state index contributed by atoms with van der Waals surface area (Å²) in [5, 5.41) is 0.00369. The van der Waals surface area contributed by atoms with Gasteiger partial charge in [0, 0.05) is 64.6 Å². The van der Waals surface area contributed by atoms with Gasteiger partial charge >= 0.3 is 17.6 Å². The molecule has 0 saturated heterocycles. The van der Waals surface area contributed by atoms with Gasteiger partial charge in [-0.05, 0) is 82.8 Å². The number of carbonyl (C=O) groups is 2. The topological polar surface area (TPSA) is 89.5 Å². The Labute approximate surface area is 210 Å². The van der Waals surface area contributed by atoms with Crippen molar-refractivity contribution in [2.75, 3.05) is 39.6 Å². The lowest BCUT2D eigenvalue weighted by Gasteiger charge is -2.28. The Kier molecular flexibility index (Phi) is 20.7. The Morgan fingerprint density at radius 3 is 1.00 bits per heavy atom. The molecule has 0 aliphatic rings.